The molecule has 0 bridgehead atoms. The molecule has 3 rings (SSSR count). The summed E-state index contributed by atoms with van der Waals surface area (Å²) >= 11 is 0. The van der Waals surface area contributed by atoms with Crippen LogP contribution in [0, 0.1) is 26.7 Å². The number of hydrogen-bond donors (Lipinski definition) is 3. The van der Waals surface area contributed by atoms with Gasteiger partial charge in [-0.05, 0) is 57.4 Å². The van der Waals surface area contributed by atoms with Gasteiger partial charge in [-0.25, -0.2) is 4.68 Å². The Balaban J connectivity index is 1.83. The number of anilines is 1. The van der Waals surface area contributed by atoms with Gasteiger partial charge in [-0.3, -0.25) is 14.9 Å². The van der Waals surface area contributed by atoms with Crippen LogP contribution in [0.3, 0.4) is 0 Å². The molecule has 7 heteroatoms. The predicted molar refractivity (Wildman–Crippen MR) is 104 cm³/mol. The molecule has 0 spiro atoms. The summed E-state index contributed by atoms with van der Waals surface area (Å²) in [6.07, 6.45) is 0.264. The van der Waals surface area contributed by atoms with Gasteiger partial charge in [-0.2, -0.15) is 5.10 Å². The van der Waals surface area contributed by atoms with Crippen LogP contribution in [0.4, 0.5) is 5.82 Å². The zero-order valence-electron chi connectivity index (χ0n) is 16.5. The summed E-state index contributed by atoms with van der Waals surface area (Å²) in [6.45, 7) is 9.83. The van der Waals surface area contributed by atoms with Crippen molar-refractivity contribution in [1.82, 2.24) is 20.4 Å². The van der Waals surface area contributed by atoms with Gasteiger partial charge in [0.2, 0.25) is 5.91 Å². The van der Waals surface area contributed by atoms with E-state index in [1.165, 1.54) is 0 Å². The fourth-order valence-corrected chi connectivity index (χ4v) is 3.42. The molecule has 0 radical (unpaired) electrons. The van der Waals surface area contributed by atoms with Crippen LogP contribution in [0.2, 0.25) is 0 Å². The molecule has 1 aliphatic heterocycles. The van der Waals surface area contributed by atoms with Crippen molar-refractivity contribution in [2.24, 2.45) is 5.92 Å². The van der Waals surface area contributed by atoms with E-state index in [-0.39, 0.29) is 23.8 Å². The number of carbonyl (C=O) groups is 2. The molecule has 1 saturated heterocycles. The molecule has 0 aliphatic carbocycles. The summed E-state index contributed by atoms with van der Waals surface area (Å²) in [5, 5.41) is 13.7. The zero-order valence-corrected chi connectivity index (χ0v) is 16.5. The lowest BCUT2D eigenvalue weighted by atomic mass is 9.95. The number of benzene rings is 1. The van der Waals surface area contributed by atoms with E-state index in [1.807, 2.05) is 46.8 Å². The number of hydrogen-bond acceptors (Lipinski definition) is 4. The molecule has 144 valence electrons. The zero-order chi connectivity index (χ0) is 19.7. The first-order valence-corrected chi connectivity index (χ1v) is 9.31. The average Bonchev–Trinajstić information content (AvgIpc) is 2.97. The van der Waals surface area contributed by atoms with E-state index in [9.17, 15) is 9.59 Å². The fourth-order valence-electron chi connectivity index (χ4n) is 3.42. The smallest absolute Gasteiger partial charge is 0.256 e. The Morgan fingerprint density at radius 2 is 1.96 bits per heavy atom. The first-order valence-electron chi connectivity index (χ1n) is 9.31. The summed E-state index contributed by atoms with van der Waals surface area (Å²) in [7, 11) is 0. The lowest BCUT2D eigenvalue weighted by Crippen LogP contribution is -2.57. The van der Waals surface area contributed by atoms with Crippen molar-refractivity contribution in [2.45, 2.75) is 53.4 Å². The molecule has 1 fully saturated rings. The number of rotatable bonds is 4. The summed E-state index contributed by atoms with van der Waals surface area (Å²) in [5.41, 5.74) is 3.55. The van der Waals surface area contributed by atoms with Crippen LogP contribution in [0.15, 0.2) is 24.3 Å². The van der Waals surface area contributed by atoms with E-state index in [0.29, 0.717) is 11.4 Å². The van der Waals surface area contributed by atoms with Crippen LogP contribution in [0.25, 0.3) is 0 Å². The Morgan fingerprint density at radius 1 is 1.22 bits per heavy atom. The van der Waals surface area contributed by atoms with E-state index in [1.54, 1.807) is 16.8 Å². The van der Waals surface area contributed by atoms with Gasteiger partial charge in [0.05, 0.1) is 11.6 Å². The standard InChI is InChI=1S/C20H27N5O2/c1-6-16-14(5)21-20(23-19(16)27)25-17(10-13(4)24-25)22-18(26)15-8-7-11(2)12(3)9-15/h7-10,14,16,20-21H,6H2,1-5H3,(H,22,26)(H,23,27). The van der Waals surface area contributed by atoms with E-state index in [2.05, 4.69) is 21.0 Å². The maximum atomic E-state index is 12.7. The van der Waals surface area contributed by atoms with Gasteiger partial charge >= 0.3 is 0 Å². The SMILES string of the molecule is CCC1C(=O)NC(n2nc(C)cc2NC(=O)c2ccc(C)c(C)c2)NC1C. The number of nitrogens with zero attached hydrogens (tertiary/aromatic N) is 2. The molecule has 3 atom stereocenters. The lowest BCUT2D eigenvalue weighted by Gasteiger charge is -2.35. The summed E-state index contributed by atoms with van der Waals surface area (Å²) in [6, 6.07) is 7.42. The predicted octanol–water partition coefficient (Wildman–Crippen LogP) is 2.65. The summed E-state index contributed by atoms with van der Waals surface area (Å²) < 4.78 is 1.62. The van der Waals surface area contributed by atoms with Crippen molar-refractivity contribution in [3.8, 4) is 0 Å². The Labute approximate surface area is 159 Å². The van der Waals surface area contributed by atoms with Crippen molar-refractivity contribution in [3.05, 3.63) is 46.6 Å². The van der Waals surface area contributed by atoms with Crippen molar-refractivity contribution < 1.29 is 9.59 Å². The maximum Gasteiger partial charge on any atom is 0.256 e. The molecule has 1 aliphatic rings. The first kappa shape index (κ1) is 19.1. The van der Waals surface area contributed by atoms with Gasteiger partial charge < -0.3 is 10.6 Å². The Bertz CT molecular complexity index is 873. The first-order chi connectivity index (χ1) is 12.8. The molecule has 3 N–H and O–H groups in total. The van der Waals surface area contributed by atoms with Crippen LogP contribution in [0.5, 0.6) is 0 Å². The summed E-state index contributed by atoms with van der Waals surface area (Å²) in [5.74, 6) is 0.247. The highest BCUT2D eigenvalue weighted by atomic mass is 16.2. The second-order valence-electron chi connectivity index (χ2n) is 7.25. The lowest BCUT2D eigenvalue weighted by molar-refractivity contribution is -0.130. The van der Waals surface area contributed by atoms with Gasteiger partial charge in [0.1, 0.15) is 5.82 Å². The van der Waals surface area contributed by atoms with Gasteiger partial charge in [0.15, 0.2) is 6.29 Å². The minimum atomic E-state index is -0.501. The third-order valence-corrected chi connectivity index (χ3v) is 5.19. The van der Waals surface area contributed by atoms with Gasteiger partial charge in [0.25, 0.3) is 5.91 Å². The van der Waals surface area contributed by atoms with Crippen LogP contribution in [0.1, 0.15) is 53.7 Å². The van der Waals surface area contributed by atoms with Crippen LogP contribution in [-0.2, 0) is 4.79 Å². The van der Waals surface area contributed by atoms with Crippen molar-refractivity contribution in [2.75, 3.05) is 5.32 Å². The summed E-state index contributed by atoms with van der Waals surface area (Å²) in [4.78, 5) is 25.1. The molecule has 3 unspecified atom stereocenters. The van der Waals surface area contributed by atoms with Gasteiger partial charge in [-0.1, -0.05) is 13.0 Å². The van der Waals surface area contributed by atoms with E-state index >= 15 is 0 Å². The largest absolute Gasteiger partial charge is 0.322 e. The van der Waals surface area contributed by atoms with Gasteiger partial charge in [-0.15, -0.1) is 0 Å². The van der Waals surface area contributed by atoms with Crippen LogP contribution >= 0.6 is 0 Å². The highest BCUT2D eigenvalue weighted by Crippen LogP contribution is 2.22. The fraction of sp³-hybridized carbons (Fsp3) is 0.450. The quantitative estimate of drug-likeness (QED) is 0.773. The minimum Gasteiger partial charge on any atom is -0.322 e. The molecule has 2 aromatic rings. The van der Waals surface area contributed by atoms with E-state index in [0.717, 1.165) is 23.2 Å². The Hall–Kier alpha value is -2.67. The normalized spacial score (nSPS) is 22.4. The number of carbonyl (C=O) groups excluding carboxylic acids is 2. The molecule has 1 aromatic carbocycles. The molecule has 2 amide bonds. The average molecular weight is 369 g/mol. The Kier molecular flexibility index (Phi) is 5.32. The second kappa shape index (κ2) is 7.52. The van der Waals surface area contributed by atoms with Crippen LogP contribution in [-0.4, -0.2) is 27.6 Å². The van der Waals surface area contributed by atoms with E-state index < -0.39 is 6.29 Å². The maximum absolute atomic E-state index is 12.7. The van der Waals surface area contributed by atoms with Gasteiger partial charge in [0, 0.05) is 17.7 Å². The minimum absolute atomic E-state index is 0.00617. The molecule has 1 aromatic heterocycles. The van der Waals surface area contributed by atoms with Crippen LogP contribution < -0.4 is 16.0 Å². The number of amides is 2. The number of aromatic nitrogens is 2. The molecule has 7 nitrogen and oxygen atoms in total. The topological polar surface area (TPSA) is 88.1 Å². The molecular formula is C20H27N5O2. The third-order valence-electron chi connectivity index (χ3n) is 5.19. The highest BCUT2D eigenvalue weighted by Gasteiger charge is 2.34. The Morgan fingerprint density at radius 3 is 2.59 bits per heavy atom. The highest BCUT2D eigenvalue weighted by molar-refractivity contribution is 6.04. The molecule has 0 saturated carbocycles. The van der Waals surface area contributed by atoms with E-state index in [4.69, 9.17) is 0 Å². The number of nitrogens with one attached hydrogen (secondary N) is 3. The van der Waals surface area contributed by atoms with Crippen molar-refractivity contribution >= 4 is 17.6 Å². The van der Waals surface area contributed by atoms with Crippen molar-refractivity contribution in [1.29, 1.82) is 0 Å². The third kappa shape index (κ3) is 3.88. The molecule has 27 heavy (non-hydrogen) atoms. The molecule has 2 heterocycles. The molecular weight excluding hydrogens is 342 g/mol. The monoisotopic (exact) mass is 369 g/mol. The second-order valence-corrected chi connectivity index (χ2v) is 7.25. The number of aryl methyl sites for hydroxylation is 3. The van der Waals surface area contributed by atoms with Crippen molar-refractivity contribution in [3.63, 3.8) is 0 Å².